The molecule has 3 rings (SSSR count). The molecule has 32 heavy (non-hydrogen) atoms. The number of H-pyrrole nitrogens is 1. The Morgan fingerprint density at radius 1 is 1.09 bits per heavy atom. The van der Waals surface area contributed by atoms with Gasteiger partial charge in [-0.15, -0.1) is 0 Å². The molecule has 0 atom stereocenters. The number of aromatic amines is 1. The number of benzene rings is 2. The largest absolute Gasteiger partial charge is 0.493 e. The molecule has 0 aliphatic carbocycles. The molecule has 3 N–H and O–H groups in total. The Hall–Kier alpha value is -3.16. The van der Waals surface area contributed by atoms with E-state index >= 15 is 0 Å². The third kappa shape index (κ3) is 4.54. The molecule has 1 aromatic heterocycles. The van der Waals surface area contributed by atoms with Crippen molar-refractivity contribution < 1.29 is 31.1 Å². The number of nitrogens with two attached hydrogens (primary N) is 1. The van der Waals surface area contributed by atoms with Crippen LogP contribution in [-0.4, -0.2) is 44.2 Å². The van der Waals surface area contributed by atoms with Gasteiger partial charge in [-0.3, -0.25) is 4.79 Å². The highest BCUT2D eigenvalue weighted by atomic mass is 32.2. The van der Waals surface area contributed by atoms with Crippen molar-refractivity contribution in [3.63, 3.8) is 0 Å². The quantitative estimate of drug-likeness (QED) is 0.567. The molecule has 0 aliphatic rings. The first kappa shape index (κ1) is 23.5. The van der Waals surface area contributed by atoms with Crippen LogP contribution >= 0.6 is 0 Å². The Labute approximate surface area is 180 Å². The number of hydrogen-bond acceptors (Lipinski definition) is 6. The van der Waals surface area contributed by atoms with Crippen molar-refractivity contribution >= 4 is 21.0 Å². The minimum absolute atomic E-state index is 0.0489. The first-order chi connectivity index (χ1) is 14.9. The summed E-state index contributed by atoms with van der Waals surface area (Å²) < 4.78 is 75.2. The first-order valence-electron chi connectivity index (χ1n) is 8.95. The number of hydrogen-bond donors (Lipinski definition) is 2. The second-order valence-electron chi connectivity index (χ2n) is 6.82. The fourth-order valence-electron chi connectivity index (χ4n) is 3.17. The number of nitrogens with zero attached hydrogens (tertiary/aromatic N) is 2. The van der Waals surface area contributed by atoms with Crippen LogP contribution in [0.1, 0.15) is 11.1 Å². The Morgan fingerprint density at radius 2 is 1.69 bits per heavy atom. The van der Waals surface area contributed by atoms with Crippen LogP contribution in [0.3, 0.4) is 0 Å². The van der Waals surface area contributed by atoms with Gasteiger partial charge in [-0.2, -0.15) is 31.0 Å². The molecule has 0 saturated carbocycles. The zero-order valence-electron chi connectivity index (χ0n) is 17.1. The van der Waals surface area contributed by atoms with Crippen LogP contribution in [0.5, 0.6) is 11.5 Å². The van der Waals surface area contributed by atoms with E-state index in [1.807, 2.05) is 0 Å². The van der Waals surface area contributed by atoms with Crippen LogP contribution in [0, 0.1) is 0 Å². The number of nitrogens with one attached hydrogen (secondary N) is 1. The summed E-state index contributed by atoms with van der Waals surface area (Å²) in [5.74, 6) is 0.524. The molecule has 172 valence electrons. The highest BCUT2D eigenvalue weighted by Gasteiger charge is 2.34. The van der Waals surface area contributed by atoms with Gasteiger partial charge in [0, 0.05) is 24.5 Å². The van der Waals surface area contributed by atoms with E-state index in [-0.39, 0.29) is 39.1 Å². The van der Waals surface area contributed by atoms with E-state index in [1.54, 1.807) is 0 Å². The molecule has 0 fully saturated rings. The third-order valence-electron chi connectivity index (χ3n) is 4.81. The second kappa shape index (κ2) is 8.41. The highest BCUT2D eigenvalue weighted by Crippen LogP contribution is 2.38. The normalized spacial score (nSPS) is 12.4. The predicted molar refractivity (Wildman–Crippen MR) is 110 cm³/mol. The number of rotatable bonds is 6. The van der Waals surface area contributed by atoms with E-state index in [4.69, 9.17) is 14.6 Å². The molecule has 13 heteroatoms. The van der Waals surface area contributed by atoms with Gasteiger partial charge in [0.2, 0.25) is 0 Å². The molecule has 0 aliphatic heterocycles. The number of ether oxygens (including phenoxy) is 2. The molecule has 0 amide bonds. The van der Waals surface area contributed by atoms with Gasteiger partial charge in [0.25, 0.3) is 15.8 Å². The summed E-state index contributed by atoms with van der Waals surface area (Å²) in [6.07, 6.45) is -4.79. The van der Waals surface area contributed by atoms with Crippen LogP contribution in [0.2, 0.25) is 0 Å². The van der Waals surface area contributed by atoms with E-state index in [0.29, 0.717) is 4.31 Å². The average molecular weight is 472 g/mol. The first-order valence-corrected chi connectivity index (χ1v) is 10.5. The predicted octanol–water partition coefficient (Wildman–Crippen LogP) is 2.26. The van der Waals surface area contributed by atoms with E-state index in [0.717, 1.165) is 19.2 Å². The molecule has 0 spiro atoms. The topological polar surface area (TPSA) is 128 Å². The third-order valence-corrected chi connectivity index (χ3v) is 5.81. The Morgan fingerprint density at radius 3 is 2.22 bits per heavy atom. The van der Waals surface area contributed by atoms with Crippen molar-refractivity contribution in [2.45, 2.75) is 12.7 Å². The van der Waals surface area contributed by atoms with Gasteiger partial charge in [-0.05, 0) is 23.8 Å². The van der Waals surface area contributed by atoms with Crippen LogP contribution < -0.4 is 20.2 Å². The van der Waals surface area contributed by atoms with Crippen LogP contribution in [-0.2, 0) is 22.9 Å². The number of aromatic nitrogens is 2. The molecular weight excluding hydrogens is 453 g/mol. The summed E-state index contributed by atoms with van der Waals surface area (Å²) in [4.78, 5) is 12.3. The number of methoxy groups -OCH3 is 2. The van der Waals surface area contributed by atoms with Gasteiger partial charge in [0.15, 0.2) is 11.5 Å². The van der Waals surface area contributed by atoms with E-state index in [2.05, 4.69) is 10.2 Å². The van der Waals surface area contributed by atoms with Crippen molar-refractivity contribution in [1.29, 1.82) is 0 Å². The zero-order chi connectivity index (χ0) is 23.8. The molecule has 1 heterocycles. The lowest BCUT2D eigenvalue weighted by Gasteiger charge is -2.19. The Bertz CT molecular complexity index is 1340. The SMILES string of the molecule is COc1cc2c(-c3ccc(CN(C)S(N)(=O)=O)c(C(F)(F)F)c3)n[nH]c(=O)c2cc1OC. The summed E-state index contributed by atoms with van der Waals surface area (Å²) in [7, 11) is -0.357. The Balaban J connectivity index is 2.24. The molecule has 3 aromatic rings. The van der Waals surface area contributed by atoms with E-state index in [1.165, 1.54) is 32.4 Å². The summed E-state index contributed by atoms with van der Waals surface area (Å²) in [5, 5.41) is 11.6. The van der Waals surface area contributed by atoms with Crippen LogP contribution in [0.4, 0.5) is 13.2 Å². The maximum atomic E-state index is 13.8. The second-order valence-corrected chi connectivity index (χ2v) is 8.48. The van der Waals surface area contributed by atoms with Gasteiger partial charge in [-0.1, -0.05) is 12.1 Å². The zero-order valence-corrected chi connectivity index (χ0v) is 18.0. The fourth-order valence-corrected chi connectivity index (χ4v) is 3.48. The summed E-state index contributed by atoms with van der Waals surface area (Å²) in [5.41, 5.74) is -1.81. The maximum absolute atomic E-state index is 13.8. The molecular formula is C19H19F3N4O5S. The van der Waals surface area contributed by atoms with Gasteiger partial charge < -0.3 is 9.47 Å². The van der Waals surface area contributed by atoms with Crippen molar-refractivity contribution in [2.75, 3.05) is 21.3 Å². The molecule has 0 unspecified atom stereocenters. The van der Waals surface area contributed by atoms with Gasteiger partial charge in [0.05, 0.1) is 30.9 Å². The monoisotopic (exact) mass is 472 g/mol. The van der Waals surface area contributed by atoms with E-state index in [9.17, 15) is 26.4 Å². The van der Waals surface area contributed by atoms with Gasteiger partial charge >= 0.3 is 6.18 Å². The summed E-state index contributed by atoms with van der Waals surface area (Å²) >= 11 is 0. The minimum atomic E-state index is -4.79. The van der Waals surface area contributed by atoms with Crippen molar-refractivity contribution in [3.8, 4) is 22.8 Å². The van der Waals surface area contributed by atoms with Crippen molar-refractivity contribution in [3.05, 3.63) is 51.8 Å². The molecule has 9 nitrogen and oxygen atoms in total. The van der Waals surface area contributed by atoms with Gasteiger partial charge in [0.1, 0.15) is 0 Å². The molecule has 0 saturated heterocycles. The van der Waals surface area contributed by atoms with Gasteiger partial charge in [-0.25, -0.2) is 10.2 Å². The highest BCUT2D eigenvalue weighted by molar-refractivity contribution is 7.86. The minimum Gasteiger partial charge on any atom is -0.493 e. The summed E-state index contributed by atoms with van der Waals surface area (Å²) in [6.45, 7) is -0.585. The number of alkyl halides is 3. The molecule has 2 aromatic carbocycles. The van der Waals surface area contributed by atoms with Crippen LogP contribution in [0.25, 0.3) is 22.0 Å². The lowest BCUT2D eigenvalue weighted by molar-refractivity contribution is -0.138. The lowest BCUT2D eigenvalue weighted by Crippen LogP contribution is -2.33. The fraction of sp³-hybridized carbons (Fsp3) is 0.263. The van der Waals surface area contributed by atoms with E-state index < -0.39 is 34.1 Å². The van der Waals surface area contributed by atoms with Crippen molar-refractivity contribution in [1.82, 2.24) is 14.5 Å². The molecule has 0 radical (unpaired) electrons. The molecule has 0 bridgehead atoms. The number of fused-ring (bicyclic) bond motifs is 1. The Kier molecular flexibility index (Phi) is 6.18. The maximum Gasteiger partial charge on any atom is 0.416 e. The van der Waals surface area contributed by atoms with Crippen molar-refractivity contribution in [2.24, 2.45) is 5.14 Å². The summed E-state index contributed by atoms with van der Waals surface area (Å²) in [6, 6.07) is 6.17. The smallest absolute Gasteiger partial charge is 0.416 e. The average Bonchev–Trinajstić information content (AvgIpc) is 2.72. The van der Waals surface area contributed by atoms with Crippen LogP contribution in [0.15, 0.2) is 35.1 Å². The standard InChI is InChI=1S/C19H19F3N4O5S/c1-26(32(23,28)29)9-11-5-4-10(6-14(11)19(20,21)22)17-12-7-15(30-2)16(31-3)8-13(12)18(27)25-24-17/h4-8H,9H2,1-3H3,(H,25,27)(H2,23,28,29). The lowest BCUT2D eigenvalue weighted by atomic mass is 9.98. The number of halogens is 3.